The first-order valence-electron chi connectivity index (χ1n) is 4.91. The summed E-state index contributed by atoms with van der Waals surface area (Å²) in [6.07, 6.45) is 3.28. The van der Waals surface area contributed by atoms with Crippen molar-refractivity contribution >= 4 is 23.3 Å². The van der Waals surface area contributed by atoms with Crippen LogP contribution in [0.1, 0.15) is 16.1 Å². The standard InChI is InChI=1S/C11H10ClN3O2/c12-10-2-1-7(3-9(10)11(16)17)14-5-8-4-13-6-15-8/h1-4,6,14H,5H2,(H,13,15)(H,16,17). The van der Waals surface area contributed by atoms with Gasteiger partial charge in [0, 0.05) is 11.9 Å². The van der Waals surface area contributed by atoms with Gasteiger partial charge in [0.2, 0.25) is 0 Å². The van der Waals surface area contributed by atoms with Crippen LogP contribution in [0.25, 0.3) is 0 Å². The van der Waals surface area contributed by atoms with Gasteiger partial charge in [-0.2, -0.15) is 0 Å². The molecule has 1 heterocycles. The number of nitrogens with zero attached hydrogens (tertiary/aromatic N) is 1. The van der Waals surface area contributed by atoms with Gasteiger partial charge in [0.05, 0.1) is 29.2 Å². The Morgan fingerprint density at radius 2 is 2.35 bits per heavy atom. The quantitative estimate of drug-likeness (QED) is 0.780. The lowest BCUT2D eigenvalue weighted by atomic mass is 10.2. The summed E-state index contributed by atoms with van der Waals surface area (Å²) in [5.74, 6) is -1.04. The third-order valence-electron chi connectivity index (χ3n) is 2.23. The van der Waals surface area contributed by atoms with Gasteiger partial charge in [0.1, 0.15) is 0 Å². The molecule has 1 aromatic heterocycles. The van der Waals surface area contributed by atoms with E-state index in [1.165, 1.54) is 6.07 Å². The Morgan fingerprint density at radius 1 is 1.53 bits per heavy atom. The van der Waals surface area contributed by atoms with Crippen molar-refractivity contribution in [2.75, 3.05) is 5.32 Å². The second-order valence-corrected chi connectivity index (χ2v) is 3.84. The van der Waals surface area contributed by atoms with Crippen molar-refractivity contribution in [3.63, 3.8) is 0 Å². The van der Waals surface area contributed by atoms with Gasteiger partial charge in [-0.25, -0.2) is 9.78 Å². The lowest BCUT2D eigenvalue weighted by molar-refractivity contribution is 0.0697. The van der Waals surface area contributed by atoms with E-state index in [1.54, 1.807) is 24.7 Å². The summed E-state index contributed by atoms with van der Waals surface area (Å²) in [5, 5.41) is 12.2. The number of carboxylic acids is 1. The molecule has 1 aromatic carbocycles. The molecule has 0 aliphatic heterocycles. The topological polar surface area (TPSA) is 78.0 Å². The zero-order chi connectivity index (χ0) is 12.3. The van der Waals surface area contributed by atoms with Crippen LogP contribution in [0.15, 0.2) is 30.7 Å². The maximum absolute atomic E-state index is 10.9. The molecule has 0 amide bonds. The van der Waals surface area contributed by atoms with Crippen molar-refractivity contribution < 1.29 is 9.90 Å². The average molecular weight is 252 g/mol. The summed E-state index contributed by atoms with van der Waals surface area (Å²) in [6, 6.07) is 4.78. The Balaban J connectivity index is 2.11. The number of H-pyrrole nitrogens is 1. The molecule has 0 radical (unpaired) electrons. The zero-order valence-electron chi connectivity index (χ0n) is 8.77. The Labute approximate surface area is 102 Å². The maximum atomic E-state index is 10.9. The lowest BCUT2D eigenvalue weighted by Gasteiger charge is -2.06. The molecule has 88 valence electrons. The highest BCUT2D eigenvalue weighted by Gasteiger charge is 2.09. The zero-order valence-corrected chi connectivity index (χ0v) is 9.53. The number of benzene rings is 1. The number of aromatic amines is 1. The average Bonchev–Trinajstić information content (AvgIpc) is 2.80. The summed E-state index contributed by atoms with van der Waals surface area (Å²) in [6.45, 7) is 0.542. The molecule has 0 aliphatic rings. The minimum absolute atomic E-state index is 0.0845. The fraction of sp³-hybridized carbons (Fsp3) is 0.0909. The van der Waals surface area contributed by atoms with Crippen LogP contribution in [0.5, 0.6) is 0 Å². The minimum Gasteiger partial charge on any atom is -0.478 e. The first-order chi connectivity index (χ1) is 8.16. The molecule has 2 aromatic rings. The maximum Gasteiger partial charge on any atom is 0.337 e. The van der Waals surface area contributed by atoms with Crippen LogP contribution >= 0.6 is 11.6 Å². The number of aromatic nitrogens is 2. The number of nitrogens with one attached hydrogen (secondary N) is 2. The number of rotatable bonds is 4. The number of anilines is 1. The lowest BCUT2D eigenvalue weighted by Crippen LogP contribution is -2.02. The molecule has 2 rings (SSSR count). The molecule has 0 saturated carbocycles. The number of imidazole rings is 1. The number of halogens is 1. The molecule has 0 saturated heterocycles. The molecule has 6 heteroatoms. The van der Waals surface area contributed by atoms with E-state index in [-0.39, 0.29) is 10.6 Å². The first kappa shape index (κ1) is 11.5. The molecule has 0 unspecified atom stereocenters. The summed E-state index contributed by atoms with van der Waals surface area (Å²) in [5.41, 5.74) is 1.69. The fourth-order valence-corrected chi connectivity index (χ4v) is 1.58. The van der Waals surface area contributed by atoms with Crippen molar-refractivity contribution in [1.29, 1.82) is 0 Å². The van der Waals surface area contributed by atoms with Crippen LogP contribution in [0.2, 0.25) is 5.02 Å². The number of carbonyl (C=O) groups is 1. The van der Waals surface area contributed by atoms with E-state index < -0.39 is 5.97 Å². The summed E-state index contributed by atoms with van der Waals surface area (Å²) >= 11 is 5.77. The highest BCUT2D eigenvalue weighted by atomic mass is 35.5. The smallest absolute Gasteiger partial charge is 0.337 e. The molecule has 0 fully saturated rings. The van der Waals surface area contributed by atoms with Gasteiger partial charge in [-0.05, 0) is 18.2 Å². The fourth-order valence-electron chi connectivity index (χ4n) is 1.38. The molecular weight excluding hydrogens is 242 g/mol. The highest BCUT2D eigenvalue weighted by molar-refractivity contribution is 6.33. The highest BCUT2D eigenvalue weighted by Crippen LogP contribution is 2.20. The van der Waals surface area contributed by atoms with Crippen molar-refractivity contribution in [3.05, 3.63) is 47.0 Å². The molecule has 0 spiro atoms. The molecular formula is C11H10ClN3O2. The van der Waals surface area contributed by atoms with Crippen molar-refractivity contribution in [1.82, 2.24) is 9.97 Å². The van der Waals surface area contributed by atoms with E-state index in [0.29, 0.717) is 12.2 Å². The molecule has 5 nitrogen and oxygen atoms in total. The number of hydrogen-bond donors (Lipinski definition) is 3. The minimum atomic E-state index is -1.04. The molecule has 17 heavy (non-hydrogen) atoms. The summed E-state index contributed by atoms with van der Waals surface area (Å²) in [7, 11) is 0. The Bertz CT molecular complexity index is 526. The molecule has 0 bridgehead atoms. The number of hydrogen-bond acceptors (Lipinski definition) is 3. The SMILES string of the molecule is O=C(O)c1cc(NCc2cnc[nH]2)ccc1Cl. The molecule has 3 N–H and O–H groups in total. The second-order valence-electron chi connectivity index (χ2n) is 3.43. The van der Waals surface area contributed by atoms with E-state index in [9.17, 15) is 4.79 Å². The predicted molar refractivity (Wildman–Crippen MR) is 64.3 cm³/mol. The van der Waals surface area contributed by atoms with Crippen LogP contribution in [0.4, 0.5) is 5.69 Å². The summed E-state index contributed by atoms with van der Waals surface area (Å²) < 4.78 is 0. The largest absolute Gasteiger partial charge is 0.478 e. The molecule has 0 atom stereocenters. The Kier molecular flexibility index (Phi) is 3.30. The van der Waals surface area contributed by atoms with Gasteiger partial charge in [0.15, 0.2) is 0 Å². The van der Waals surface area contributed by atoms with Gasteiger partial charge < -0.3 is 15.4 Å². The van der Waals surface area contributed by atoms with Crippen LogP contribution in [0.3, 0.4) is 0 Å². The van der Waals surface area contributed by atoms with E-state index in [0.717, 1.165) is 5.69 Å². The Hall–Kier alpha value is -2.01. The first-order valence-corrected chi connectivity index (χ1v) is 5.28. The van der Waals surface area contributed by atoms with E-state index in [4.69, 9.17) is 16.7 Å². The van der Waals surface area contributed by atoms with E-state index >= 15 is 0 Å². The second kappa shape index (κ2) is 4.88. The van der Waals surface area contributed by atoms with Gasteiger partial charge >= 0.3 is 5.97 Å². The third kappa shape index (κ3) is 2.76. The summed E-state index contributed by atoms with van der Waals surface area (Å²) in [4.78, 5) is 17.7. The van der Waals surface area contributed by atoms with Gasteiger partial charge in [-0.3, -0.25) is 0 Å². The van der Waals surface area contributed by atoms with Gasteiger partial charge in [-0.15, -0.1) is 0 Å². The monoisotopic (exact) mass is 251 g/mol. The Morgan fingerprint density at radius 3 is 3.00 bits per heavy atom. The van der Waals surface area contributed by atoms with Crippen molar-refractivity contribution in [2.45, 2.75) is 6.54 Å². The van der Waals surface area contributed by atoms with Gasteiger partial charge in [-0.1, -0.05) is 11.6 Å². The van der Waals surface area contributed by atoms with Crippen molar-refractivity contribution in [2.24, 2.45) is 0 Å². The van der Waals surface area contributed by atoms with Crippen LogP contribution in [-0.2, 0) is 6.54 Å². The normalized spacial score (nSPS) is 10.2. The van der Waals surface area contributed by atoms with Gasteiger partial charge in [0.25, 0.3) is 0 Å². The van der Waals surface area contributed by atoms with Crippen molar-refractivity contribution in [3.8, 4) is 0 Å². The third-order valence-corrected chi connectivity index (χ3v) is 2.56. The molecule has 0 aliphatic carbocycles. The number of aromatic carboxylic acids is 1. The van der Waals surface area contributed by atoms with Crippen LogP contribution in [-0.4, -0.2) is 21.0 Å². The van der Waals surface area contributed by atoms with Crippen LogP contribution in [0, 0.1) is 0 Å². The predicted octanol–water partition coefficient (Wildman–Crippen LogP) is 2.37. The van der Waals surface area contributed by atoms with E-state index in [2.05, 4.69) is 15.3 Å². The van der Waals surface area contributed by atoms with E-state index in [1.807, 2.05) is 0 Å². The van der Waals surface area contributed by atoms with Crippen LogP contribution < -0.4 is 5.32 Å². The number of carboxylic acid groups (broad SMARTS) is 1.